The molecular formula is C32H40ClN. The molecule has 1 aliphatic carbocycles. The highest BCUT2D eigenvalue weighted by molar-refractivity contribution is 6.31. The van der Waals surface area contributed by atoms with Crippen LogP contribution in [0.15, 0.2) is 54.6 Å². The third-order valence-electron chi connectivity index (χ3n) is 7.69. The van der Waals surface area contributed by atoms with E-state index < -0.39 is 0 Å². The van der Waals surface area contributed by atoms with Crippen molar-refractivity contribution in [3.63, 3.8) is 0 Å². The van der Waals surface area contributed by atoms with Gasteiger partial charge in [0.15, 0.2) is 0 Å². The van der Waals surface area contributed by atoms with Crippen molar-refractivity contribution in [1.29, 1.82) is 0 Å². The molecule has 0 saturated heterocycles. The van der Waals surface area contributed by atoms with E-state index in [2.05, 4.69) is 116 Å². The Morgan fingerprint density at radius 3 is 1.82 bits per heavy atom. The zero-order chi connectivity index (χ0) is 25.1. The maximum absolute atomic E-state index is 6.57. The molecule has 3 aromatic carbocycles. The van der Waals surface area contributed by atoms with Crippen LogP contribution >= 0.6 is 11.6 Å². The molecule has 0 bridgehead atoms. The lowest BCUT2D eigenvalue weighted by Crippen LogP contribution is -2.34. The fraction of sp³-hybridized carbons (Fsp3) is 0.438. The molecule has 1 aliphatic rings. The molecule has 1 nitrogen and oxygen atoms in total. The number of halogens is 1. The molecule has 3 aromatic rings. The van der Waals surface area contributed by atoms with Crippen molar-refractivity contribution in [2.24, 2.45) is 0 Å². The van der Waals surface area contributed by atoms with Gasteiger partial charge in [0.05, 0.1) is 0 Å². The quantitative estimate of drug-likeness (QED) is 0.365. The molecule has 0 fully saturated rings. The Morgan fingerprint density at radius 2 is 1.29 bits per heavy atom. The van der Waals surface area contributed by atoms with Crippen LogP contribution in [0.25, 0.3) is 0 Å². The average Bonchev–Trinajstić information content (AvgIpc) is 2.72. The van der Waals surface area contributed by atoms with E-state index in [4.69, 9.17) is 11.6 Å². The van der Waals surface area contributed by atoms with Crippen molar-refractivity contribution in [2.45, 2.75) is 91.4 Å². The molecule has 0 spiro atoms. The summed E-state index contributed by atoms with van der Waals surface area (Å²) in [6, 6.07) is 20.3. The molecule has 180 valence electrons. The van der Waals surface area contributed by atoms with E-state index in [1.165, 1.54) is 40.8 Å². The van der Waals surface area contributed by atoms with E-state index in [0.717, 1.165) is 22.0 Å². The molecule has 4 rings (SSSR count). The van der Waals surface area contributed by atoms with Gasteiger partial charge in [-0.05, 0) is 107 Å². The maximum Gasteiger partial charge on any atom is 0.0493 e. The van der Waals surface area contributed by atoms with Crippen molar-refractivity contribution in [3.05, 3.63) is 87.4 Å². The summed E-state index contributed by atoms with van der Waals surface area (Å²) < 4.78 is 0. The Hall–Kier alpha value is -2.25. The van der Waals surface area contributed by atoms with Gasteiger partial charge in [-0.25, -0.2) is 0 Å². The van der Waals surface area contributed by atoms with Crippen LogP contribution < -0.4 is 4.90 Å². The van der Waals surface area contributed by atoms with Gasteiger partial charge < -0.3 is 4.90 Å². The van der Waals surface area contributed by atoms with E-state index in [1.807, 2.05) is 6.07 Å². The maximum atomic E-state index is 6.57. The second kappa shape index (κ2) is 8.45. The van der Waals surface area contributed by atoms with Crippen molar-refractivity contribution < 1.29 is 0 Å². The fourth-order valence-electron chi connectivity index (χ4n) is 5.34. The fourth-order valence-corrected chi connectivity index (χ4v) is 5.62. The molecule has 0 unspecified atom stereocenters. The largest absolute Gasteiger partial charge is 0.310 e. The summed E-state index contributed by atoms with van der Waals surface area (Å²) in [6.07, 6.45) is 2.42. The van der Waals surface area contributed by atoms with Gasteiger partial charge in [0.1, 0.15) is 0 Å². The highest BCUT2D eigenvalue weighted by Crippen LogP contribution is 2.49. The van der Waals surface area contributed by atoms with Crippen LogP contribution in [-0.2, 0) is 16.2 Å². The van der Waals surface area contributed by atoms with E-state index in [1.54, 1.807) is 0 Å². The van der Waals surface area contributed by atoms with Crippen molar-refractivity contribution in [3.8, 4) is 0 Å². The molecule has 0 N–H and O–H groups in total. The summed E-state index contributed by atoms with van der Waals surface area (Å²) in [5.41, 5.74) is 10.7. The van der Waals surface area contributed by atoms with Crippen molar-refractivity contribution in [1.82, 2.24) is 0 Å². The molecule has 0 aliphatic heterocycles. The first-order valence-corrected chi connectivity index (χ1v) is 12.9. The Kier molecular flexibility index (Phi) is 6.18. The van der Waals surface area contributed by atoms with Crippen LogP contribution in [0.5, 0.6) is 0 Å². The minimum atomic E-state index is 0.118. The van der Waals surface area contributed by atoms with Crippen molar-refractivity contribution in [2.75, 3.05) is 4.90 Å². The van der Waals surface area contributed by atoms with Crippen LogP contribution in [0.2, 0.25) is 5.02 Å². The van der Waals surface area contributed by atoms with Crippen LogP contribution in [0.1, 0.15) is 89.1 Å². The minimum absolute atomic E-state index is 0.118. The molecule has 2 heteroatoms. The first-order valence-electron chi connectivity index (χ1n) is 12.5. The topological polar surface area (TPSA) is 3.24 Å². The molecule has 0 heterocycles. The van der Waals surface area contributed by atoms with Crippen LogP contribution in [0.4, 0.5) is 17.1 Å². The lowest BCUT2D eigenvalue weighted by atomic mass is 9.63. The predicted octanol–water partition coefficient (Wildman–Crippen LogP) is 10.1. The van der Waals surface area contributed by atoms with E-state index >= 15 is 0 Å². The predicted molar refractivity (Wildman–Crippen MR) is 150 cm³/mol. The molecule has 0 aromatic heterocycles. The number of nitrogens with zero attached hydrogens (tertiary/aromatic N) is 1. The van der Waals surface area contributed by atoms with Gasteiger partial charge in [0.25, 0.3) is 0 Å². The average molecular weight is 474 g/mol. The van der Waals surface area contributed by atoms with Crippen molar-refractivity contribution >= 4 is 28.7 Å². The van der Waals surface area contributed by atoms with Gasteiger partial charge in [-0.3, -0.25) is 0 Å². The second-order valence-corrected chi connectivity index (χ2v) is 13.0. The standard InChI is InChI=1S/C32H40ClN/c1-21-16-24(33)19-26(17-21)34(25-12-10-23(11-13-25)30(3,4)5)29-20-28-27(18-22(29)2)31(6,7)14-15-32(28,8)9/h10-13,16-20H,14-15H2,1-9H3. The third-order valence-corrected chi connectivity index (χ3v) is 7.91. The number of fused-ring (bicyclic) bond motifs is 1. The number of benzene rings is 3. The minimum Gasteiger partial charge on any atom is -0.310 e. The Balaban J connectivity index is 1.96. The van der Waals surface area contributed by atoms with Gasteiger partial charge in [0, 0.05) is 22.1 Å². The zero-order valence-electron chi connectivity index (χ0n) is 22.4. The molecule has 0 radical (unpaired) electrons. The first kappa shape index (κ1) is 24.9. The van der Waals surface area contributed by atoms with Gasteiger partial charge >= 0.3 is 0 Å². The Bertz CT molecular complexity index is 1190. The summed E-state index contributed by atoms with van der Waals surface area (Å²) in [7, 11) is 0. The summed E-state index contributed by atoms with van der Waals surface area (Å²) in [5, 5.41) is 0.767. The molecule has 0 amide bonds. The van der Waals surface area contributed by atoms with E-state index in [9.17, 15) is 0 Å². The molecule has 34 heavy (non-hydrogen) atoms. The summed E-state index contributed by atoms with van der Waals surface area (Å²) in [5.74, 6) is 0. The highest BCUT2D eigenvalue weighted by Gasteiger charge is 2.38. The SMILES string of the molecule is Cc1cc(Cl)cc(N(c2ccc(C(C)(C)C)cc2)c2cc3c(cc2C)C(C)(C)CCC3(C)C)c1. The zero-order valence-corrected chi connectivity index (χ0v) is 23.2. The number of aryl methyl sites for hydroxylation is 2. The van der Waals surface area contributed by atoms with E-state index in [-0.39, 0.29) is 16.2 Å². The lowest BCUT2D eigenvalue weighted by molar-refractivity contribution is 0.332. The van der Waals surface area contributed by atoms with Gasteiger partial charge in [-0.1, -0.05) is 78.3 Å². The molecular weight excluding hydrogens is 434 g/mol. The summed E-state index contributed by atoms with van der Waals surface area (Å²) in [4.78, 5) is 2.39. The number of hydrogen-bond acceptors (Lipinski definition) is 1. The Morgan fingerprint density at radius 1 is 0.735 bits per heavy atom. The summed E-state index contributed by atoms with van der Waals surface area (Å²) >= 11 is 6.57. The van der Waals surface area contributed by atoms with Gasteiger partial charge in [0.2, 0.25) is 0 Å². The first-order chi connectivity index (χ1) is 15.7. The van der Waals surface area contributed by atoms with E-state index in [0.29, 0.717) is 0 Å². The van der Waals surface area contributed by atoms with Crippen LogP contribution in [0.3, 0.4) is 0 Å². The Labute approximate surface area is 212 Å². The molecule has 0 saturated carbocycles. The summed E-state index contributed by atoms with van der Waals surface area (Å²) in [6.45, 7) is 20.7. The monoisotopic (exact) mass is 473 g/mol. The highest BCUT2D eigenvalue weighted by atomic mass is 35.5. The number of rotatable bonds is 3. The van der Waals surface area contributed by atoms with Crippen LogP contribution in [0, 0.1) is 13.8 Å². The number of anilines is 3. The van der Waals surface area contributed by atoms with Gasteiger partial charge in [-0.15, -0.1) is 0 Å². The normalized spacial score (nSPS) is 16.8. The lowest BCUT2D eigenvalue weighted by Gasteiger charge is -2.43. The second-order valence-electron chi connectivity index (χ2n) is 12.6. The van der Waals surface area contributed by atoms with Crippen LogP contribution in [-0.4, -0.2) is 0 Å². The third kappa shape index (κ3) is 4.65. The number of hydrogen-bond donors (Lipinski definition) is 0. The van der Waals surface area contributed by atoms with Gasteiger partial charge in [-0.2, -0.15) is 0 Å². The molecule has 0 atom stereocenters. The smallest absolute Gasteiger partial charge is 0.0493 e.